The quantitative estimate of drug-likeness (QED) is 0.679. The summed E-state index contributed by atoms with van der Waals surface area (Å²) in [6.45, 7) is 4.32. The van der Waals surface area contributed by atoms with E-state index in [2.05, 4.69) is 47.3 Å². The monoisotopic (exact) mass is 355 g/mol. The van der Waals surface area contributed by atoms with Gasteiger partial charge in [0.2, 0.25) is 0 Å². The summed E-state index contributed by atoms with van der Waals surface area (Å²) in [5, 5.41) is 4.67. The second kappa shape index (κ2) is 5.74. The summed E-state index contributed by atoms with van der Waals surface area (Å²) in [5.74, 6) is 0.121. The highest BCUT2D eigenvalue weighted by atomic mass is 16.1. The van der Waals surface area contributed by atoms with E-state index in [0.717, 1.165) is 45.4 Å². The van der Waals surface area contributed by atoms with Crippen molar-refractivity contribution in [3.8, 4) is 0 Å². The van der Waals surface area contributed by atoms with Crippen molar-refractivity contribution in [3.05, 3.63) is 77.4 Å². The molecule has 4 heteroatoms. The van der Waals surface area contributed by atoms with E-state index in [9.17, 15) is 4.79 Å². The summed E-state index contributed by atoms with van der Waals surface area (Å²) >= 11 is 0. The van der Waals surface area contributed by atoms with Gasteiger partial charge in [-0.05, 0) is 47.2 Å². The number of nitrogens with zero attached hydrogens (tertiary/aromatic N) is 2. The van der Waals surface area contributed by atoms with Crippen LogP contribution in [0.1, 0.15) is 43.7 Å². The number of allylic oxidation sites excluding steroid dienone is 2. The zero-order chi connectivity index (χ0) is 18.6. The number of aromatic nitrogens is 2. The number of hydrogen-bond donors (Lipinski definition) is 1. The molecule has 0 radical (unpaired) electrons. The van der Waals surface area contributed by atoms with Crippen molar-refractivity contribution in [2.45, 2.75) is 32.6 Å². The molecule has 0 fully saturated rings. The summed E-state index contributed by atoms with van der Waals surface area (Å²) < 4.78 is 0. The Balaban J connectivity index is 1.82. The van der Waals surface area contributed by atoms with Crippen molar-refractivity contribution >= 4 is 22.4 Å². The molecule has 0 amide bonds. The average Bonchev–Trinajstić information content (AvgIpc) is 2.66. The van der Waals surface area contributed by atoms with Crippen LogP contribution in [0.4, 0.5) is 5.69 Å². The van der Waals surface area contributed by atoms with Gasteiger partial charge in [0.05, 0.1) is 5.52 Å². The molecule has 3 aromatic rings. The van der Waals surface area contributed by atoms with Crippen molar-refractivity contribution in [1.82, 2.24) is 9.97 Å². The predicted octanol–water partition coefficient (Wildman–Crippen LogP) is 4.83. The molecular weight excluding hydrogens is 334 g/mol. The summed E-state index contributed by atoms with van der Waals surface area (Å²) in [6.07, 6.45) is 6.91. The predicted molar refractivity (Wildman–Crippen MR) is 106 cm³/mol. The Hall–Kier alpha value is -3.01. The third kappa shape index (κ3) is 2.55. The highest BCUT2D eigenvalue weighted by Crippen LogP contribution is 2.50. The first-order valence-electron chi connectivity index (χ1n) is 9.34. The Labute approximate surface area is 158 Å². The number of Topliss-reactive ketones (excluding diaryl/α,β-unsaturated/α-hetero) is 1. The molecule has 134 valence electrons. The minimum atomic E-state index is -0.110. The van der Waals surface area contributed by atoms with E-state index in [1.54, 1.807) is 6.20 Å². The van der Waals surface area contributed by atoms with Gasteiger partial charge in [-0.15, -0.1) is 0 Å². The van der Waals surface area contributed by atoms with Crippen LogP contribution in [0.2, 0.25) is 0 Å². The van der Waals surface area contributed by atoms with Crippen LogP contribution >= 0.6 is 0 Å². The molecule has 27 heavy (non-hydrogen) atoms. The number of carbonyl (C=O) groups is 1. The number of rotatable bonds is 1. The molecule has 3 heterocycles. The fraction of sp³-hybridized carbons (Fsp3) is 0.261. The van der Waals surface area contributed by atoms with Gasteiger partial charge in [-0.3, -0.25) is 14.8 Å². The van der Waals surface area contributed by atoms with E-state index in [-0.39, 0.29) is 17.1 Å². The minimum absolute atomic E-state index is 0.0295. The maximum absolute atomic E-state index is 13.2. The summed E-state index contributed by atoms with van der Waals surface area (Å²) in [7, 11) is 0. The topological polar surface area (TPSA) is 54.9 Å². The van der Waals surface area contributed by atoms with E-state index >= 15 is 0 Å². The zero-order valence-corrected chi connectivity index (χ0v) is 15.5. The van der Waals surface area contributed by atoms with E-state index in [0.29, 0.717) is 6.42 Å². The molecule has 0 saturated heterocycles. The molecule has 1 aliphatic carbocycles. The van der Waals surface area contributed by atoms with Crippen molar-refractivity contribution in [3.63, 3.8) is 0 Å². The molecule has 1 aromatic carbocycles. The maximum Gasteiger partial charge on any atom is 0.162 e. The molecular formula is C23H21N3O. The number of benzene rings is 1. The van der Waals surface area contributed by atoms with E-state index in [1.807, 2.05) is 30.6 Å². The van der Waals surface area contributed by atoms with E-state index < -0.39 is 0 Å². The largest absolute Gasteiger partial charge is 0.358 e. The van der Waals surface area contributed by atoms with Crippen LogP contribution in [-0.4, -0.2) is 15.8 Å². The van der Waals surface area contributed by atoms with Crippen LogP contribution in [-0.2, 0) is 4.79 Å². The second-order valence-corrected chi connectivity index (χ2v) is 8.27. The molecule has 0 saturated carbocycles. The third-order valence-electron chi connectivity index (χ3n) is 5.63. The Bertz CT molecular complexity index is 1100. The second-order valence-electron chi connectivity index (χ2n) is 8.27. The zero-order valence-electron chi connectivity index (χ0n) is 15.5. The highest BCUT2D eigenvalue weighted by Gasteiger charge is 2.41. The molecule has 0 bridgehead atoms. The van der Waals surface area contributed by atoms with Gasteiger partial charge >= 0.3 is 0 Å². The first kappa shape index (κ1) is 16.2. The van der Waals surface area contributed by atoms with Gasteiger partial charge < -0.3 is 5.32 Å². The summed E-state index contributed by atoms with van der Waals surface area (Å²) in [4.78, 5) is 22.1. The number of nitrogens with one attached hydrogen (secondary N) is 1. The lowest BCUT2D eigenvalue weighted by Crippen LogP contribution is -2.34. The molecule has 1 aliphatic heterocycles. The van der Waals surface area contributed by atoms with Crippen molar-refractivity contribution in [1.29, 1.82) is 0 Å². The van der Waals surface area contributed by atoms with E-state index in [1.165, 1.54) is 0 Å². The summed E-state index contributed by atoms with van der Waals surface area (Å²) in [6, 6.07) is 12.2. The maximum atomic E-state index is 13.2. The fourth-order valence-corrected chi connectivity index (χ4v) is 4.56. The third-order valence-corrected chi connectivity index (χ3v) is 5.63. The average molecular weight is 355 g/mol. The molecule has 4 nitrogen and oxygen atoms in total. The lowest BCUT2D eigenvalue weighted by Gasteiger charge is -2.39. The number of ketones is 1. The molecule has 1 atom stereocenters. The van der Waals surface area contributed by atoms with Crippen LogP contribution < -0.4 is 5.32 Å². The SMILES string of the molecule is CC1(C)CC(=O)C2=C(C1)Nc1ccc3ncccc3c1[C@@H]2c1cccnc1. The molecule has 0 unspecified atom stereocenters. The lowest BCUT2D eigenvalue weighted by molar-refractivity contribution is -0.118. The highest BCUT2D eigenvalue weighted by molar-refractivity contribution is 6.04. The number of anilines is 1. The van der Waals surface area contributed by atoms with Gasteiger partial charge in [-0.2, -0.15) is 0 Å². The lowest BCUT2D eigenvalue weighted by atomic mass is 9.68. The smallest absolute Gasteiger partial charge is 0.162 e. The molecule has 5 rings (SSSR count). The van der Waals surface area contributed by atoms with Gasteiger partial charge in [0.1, 0.15) is 0 Å². The van der Waals surface area contributed by atoms with Crippen molar-refractivity contribution in [2.24, 2.45) is 5.41 Å². The normalized spacial score (nSPS) is 20.8. The Morgan fingerprint density at radius 2 is 1.93 bits per heavy atom. The fourth-order valence-electron chi connectivity index (χ4n) is 4.56. The first-order valence-corrected chi connectivity index (χ1v) is 9.34. The van der Waals surface area contributed by atoms with Crippen LogP contribution in [0, 0.1) is 5.41 Å². The van der Waals surface area contributed by atoms with Gasteiger partial charge in [-0.25, -0.2) is 0 Å². The van der Waals surface area contributed by atoms with Gasteiger partial charge in [0.25, 0.3) is 0 Å². The summed E-state index contributed by atoms with van der Waals surface area (Å²) in [5.41, 5.74) is 6.11. The molecule has 0 spiro atoms. The van der Waals surface area contributed by atoms with Gasteiger partial charge in [0.15, 0.2) is 5.78 Å². The molecule has 2 aliphatic rings. The van der Waals surface area contributed by atoms with Gasteiger partial charge in [0, 0.05) is 53.3 Å². The number of fused-ring (bicyclic) bond motifs is 3. The van der Waals surface area contributed by atoms with Crippen LogP contribution in [0.3, 0.4) is 0 Å². The van der Waals surface area contributed by atoms with Crippen LogP contribution in [0.15, 0.2) is 66.3 Å². The van der Waals surface area contributed by atoms with Crippen molar-refractivity contribution in [2.75, 3.05) is 5.32 Å². The molecule has 2 aromatic heterocycles. The van der Waals surface area contributed by atoms with Crippen LogP contribution in [0.25, 0.3) is 10.9 Å². The Morgan fingerprint density at radius 1 is 1.07 bits per heavy atom. The van der Waals surface area contributed by atoms with Crippen LogP contribution in [0.5, 0.6) is 0 Å². The van der Waals surface area contributed by atoms with Gasteiger partial charge in [-0.1, -0.05) is 26.0 Å². The number of carbonyl (C=O) groups excluding carboxylic acids is 1. The molecule has 1 N–H and O–H groups in total. The number of hydrogen-bond acceptors (Lipinski definition) is 4. The Morgan fingerprint density at radius 3 is 2.74 bits per heavy atom. The van der Waals surface area contributed by atoms with Crippen molar-refractivity contribution < 1.29 is 4.79 Å². The first-order chi connectivity index (χ1) is 13.0. The minimum Gasteiger partial charge on any atom is -0.358 e. The Kier molecular flexibility index (Phi) is 3.44. The standard InChI is InChI=1S/C23H21N3O/c1-23(2)11-18-22(19(27)12-23)20(14-5-3-9-24-13-14)21-15-6-4-10-25-16(15)7-8-17(21)26-18/h3-10,13,20,26H,11-12H2,1-2H3/t20-/m0/s1. The number of pyridine rings is 2. The van der Waals surface area contributed by atoms with E-state index in [4.69, 9.17) is 0 Å².